The minimum Gasteiger partial charge on any atom is -0.497 e. The molecule has 0 unspecified atom stereocenters. The zero-order valence-electron chi connectivity index (χ0n) is 16.8. The summed E-state index contributed by atoms with van der Waals surface area (Å²) in [6.45, 7) is 0. The number of aromatic nitrogens is 3. The van der Waals surface area contributed by atoms with Crippen molar-refractivity contribution in [1.82, 2.24) is 14.8 Å². The number of hydrogen-bond acceptors (Lipinski definition) is 6. The number of methoxy groups -OCH3 is 2. The number of benzene rings is 2. The van der Waals surface area contributed by atoms with E-state index in [9.17, 15) is 4.79 Å². The Morgan fingerprint density at radius 2 is 1.80 bits per heavy atom. The molecule has 0 spiro atoms. The van der Waals surface area contributed by atoms with Gasteiger partial charge in [-0.25, -0.2) is 4.68 Å². The molecule has 2 aliphatic rings. The normalized spacial score (nSPS) is 20.3. The van der Waals surface area contributed by atoms with Gasteiger partial charge in [0, 0.05) is 17.7 Å². The van der Waals surface area contributed by atoms with Gasteiger partial charge in [0.05, 0.1) is 14.2 Å². The van der Waals surface area contributed by atoms with Crippen LogP contribution in [-0.4, -0.2) is 34.8 Å². The molecular formula is C23H22N4O3. The zero-order valence-corrected chi connectivity index (χ0v) is 16.8. The van der Waals surface area contributed by atoms with Crippen LogP contribution in [0.25, 0.3) is 0 Å². The third-order valence-corrected chi connectivity index (χ3v) is 5.86. The number of fused-ring (bicyclic) bond motifs is 1. The van der Waals surface area contributed by atoms with Gasteiger partial charge in [0.15, 0.2) is 5.78 Å². The Labute approximate surface area is 174 Å². The average molecular weight is 402 g/mol. The van der Waals surface area contributed by atoms with Crippen LogP contribution in [0.3, 0.4) is 0 Å². The van der Waals surface area contributed by atoms with Gasteiger partial charge >= 0.3 is 0 Å². The Morgan fingerprint density at radius 3 is 2.57 bits per heavy atom. The monoisotopic (exact) mass is 402 g/mol. The predicted molar refractivity (Wildman–Crippen MR) is 112 cm³/mol. The molecule has 0 radical (unpaired) electrons. The number of ketones is 1. The van der Waals surface area contributed by atoms with Gasteiger partial charge in [0.25, 0.3) is 0 Å². The van der Waals surface area contributed by atoms with Crippen molar-refractivity contribution in [2.45, 2.75) is 24.8 Å². The van der Waals surface area contributed by atoms with Crippen LogP contribution in [0.2, 0.25) is 0 Å². The van der Waals surface area contributed by atoms with Crippen molar-refractivity contribution in [3.63, 3.8) is 0 Å². The molecule has 30 heavy (non-hydrogen) atoms. The summed E-state index contributed by atoms with van der Waals surface area (Å²) in [7, 11) is 3.29. The Hall–Kier alpha value is -3.61. The van der Waals surface area contributed by atoms with E-state index in [1.807, 2.05) is 48.5 Å². The molecule has 152 valence electrons. The highest BCUT2D eigenvalue weighted by Crippen LogP contribution is 2.44. The van der Waals surface area contributed by atoms with Crippen molar-refractivity contribution < 1.29 is 14.3 Å². The first-order valence-electron chi connectivity index (χ1n) is 9.88. The summed E-state index contributed by atoms with van der Waals surface area (Å²) < 4.78 is 12.4. The van der Waals surface area contributed by atoms with E-state index in [4.69, 9.17) is 9.47 Å². The molecule has 3 aromatic rings. The molecule has 0 bridgehead atoms. The second kappa shape index (κ2) is 7.33. The molecule has 0 amide bonds. The van der Waals surface area contributed by atoms with Crippen molar-refractivity contribution in [3.8, 4) is 11.5 Å². The smallest absolute Gasteiger partial charge is 0.226 e. The third-order valence-electron chi connectivity index (χ3n) is 5.86. The fraction of sp³-hybridized carbons (Fsp3) is 0.261. The molecule has 1 N–H and O–H groups in total. The van der Waals surface area contributed by atoms with Crippen molar-refractivity contribution >= 4 is 11.7 Å². The quantitative estimate of drug-likeness (QED) is 0.717. The predicted octanol–water partition coefficient (Wildman–Crippen LogP) is 3.71. The molecule has 5 rings (SSSR count). The number of rotatable bonds is 4. The zero-order chi connectivity index (χ0) is 20.7. The second-order valence-electron chi connectivity index (χ2n) is 7.53. The van der Waals surface area contributed by atoms with E-state index in [-0.39, 0.29) is 17.7 Å². The topological polar surface area (TPSA) is 78.3 Å². The third kappa shape index (κ3) is 3.03. The van der Waals surface area contributed by atoms with Gasteiger partial charge in [-0.1, -0.05) is 24.3 Å². The summed E-state index contributed by atoms with van der Waals surface area (Å²) in [6, 6.07) is 15.4. The summed E-state index contributed by atoms with van der Waals surface area (Å²) in [5.41, 5.74) is 3.75. The number of allylic oxidation sites excluding steroid dienone is 2. The second-order valence-corrected chi connectivity index (χ2v) is 7.53. The highest BCUT2D eigenvalue weighted by Gasteiger charge is 2.39. The van der Waals surface area contributed by atoms with Crippen molar-refractivity contribution in [3.05, 3.63) is 77.3 Å². The molecule has 0 saturated carbocycles. The van der Waals surface area contributed by atoms with Gasteiger partial charge in [0.2, 0.25) is 5.95 Å². The van der Waals surface area contributed by atoms with Gasteiger partial charge in [-0.05, 0) is 47.7 Å². The Balaban J connectivity index is 1.56. The summed E-state index contributed by atoms with van der Waals surface area (Å²) in [5.74, 6) is 2.43. The number of nitrogens with zero attached hydrogens (tertiary/aromatic N) is 3. The maximum atomic E-state index is 13.4. The summed E-state index contributed by atoms with van der Waals surface area (Å²) in [6.07, 6.45) is 2.71. The first-order valence-corrected chi connectivity index (χ1v) is 9.88. The molecule has 1 aromatic heterocycles. The van der Waals surface area contributed by atoms with Crippen LogP contribution < -0.4 is 14.8 Å². The molecule has 2 atom stereocenters. The number of nitrogens with one attached hydrogen (secondary N) is 1. The van der Waals surface area contributed by atoms with Gasteiger partial charge in [-0.15, -0.1) is 0 Å². The lowest BCUT2D eigenvalue weighted by Crippen LogP contribution is -2.33. The van der Waals surface area contributed by atoms with Crippen molar-refractivity contribution in [1.29, 1.82) is 0 Å². The number of carbonyl (C=O) groups is 1. The fourth-order valence-electron chi connectivity index (χ4n) is 4.38. The Kier molecular flexibility index (Phi) is 4.50. The van der Waals surface area contributed by atoms with Crippen LogP contribution in [0.5, 0.6) is 11.5 Å². The van der Waals surface area contributed by atoms with Gasteiger partial charge in [-0.3, -0.25) is 4.79 Å². The summed E-state index contributed by atoms with van der Waals surface area (Å²) in [5, 5.41) is 7.75. The van der Waals surface area contributed by atoms with Gasteiger partial charge in [0.1, 0.15) is 23.9 Å². The molecule has 1 aliphatic carbocycles. The molecule has 7 nitrogen and oxygen atoms in total. The minimum atomic E-state index is -0.321. The highest BCUT2D eigenvalue weighted by molar-refractivity contribution is 6.00. The molecule has 1 aliphatic heterocycles. The van der Waals surface area contributed by atoms with E-state index in [0.29, 0.717) is 12.4 Å². The lowest BCUT2D eigenvalue weighted by atomic mass is 9.78. The van der Waals surface area contributed by atoms with Crippen LogP contribution in [0.1, 0.15) is 35.9 Å². The summed E-state index contributed by atoms with van der Waals surface area (Å²) in [4.78, 5) is 17.7. The van der Waals surface area contributed by atoms with Crippen molar-refractivity contribution in [2.24, 2.45) is 0 Å². The lowest BCUT2D eigenvalue weighted by molar-refractivity contribution is -0.116. The Bertz CT molecular complexity index is 1130. The summed E-state index contributed by atoms with van der Waals surface area (Å²) >= 11 is 0. The minimum absolute atomic E-state index is 0.107. The van der Waals surface area contributed by atoms with Crippen LogP contribution in [0, 0.1) is 0 Å². The van der Waals surface area contributed by atoms with Crippen molar-refractivity contribution in [2.75, 3.05) is 19.5 Å². The van der Waals surface area contributed by atoms with E-state index in [0.717, 1.165) is 40.3 Å². The van der Waals surface area contributed by atoms with Crippen LogP contribution in [0.4, 0.5) is 5.95 Å². The number of ether oxygens (including phenoxy) is 2. The first-order chi connectivity index (χ1) is 14.7. The SMILES string of the molecule is COc1ccc([C@H]2CC(=O)C3=C(C2)Nc2ncnn2[C@H]3c2cccc(OC)c2)cc1. The van der Waals surface area contributed by atoms with Gasteiger partial charge < -0.3 is 14.8 Å². The fourth-order valence-corrected chi connectivity index (χ4v) is 4.38. The Morgan fingerprint density at radius 1 is 1.00 bits per heavy atom. The molecule has 2 heterocycles. The van der Waals surface area contributed by atoms with E-state index in [1.165, 1.54) is 6.33 Å². The van der Waals surface area contributed by atoms with E-state index < -0.39 is 0 Å². The maximum absolute atomic E-state index is 13.4. The number of anilines is 1. The largest absolute Gasteiger partial charge is 0.497 e. The van der Waals surface area contributed by atoms with Crippen LogP contribution in [0.15, 0.2) is 66.1 Å². The number of carbonyl (C=O) groups excluding carboxylic acids is 1. The average Bonchev–Trinajstić information content (AvgIpc) is 3.25. The van der Waals surface area contributed by atoms with Crippen LogP contribution >= 0.6 is 0 Å². The van der Waals surface area contributed by atoms with E-state index in [2.05, 4.69) is 15.4 Å². The molecule has 0 fully saturated rings. The maximum Gasteiger partial charge on any atom is 0.226 e. The molecule has 0 saturated heterocycles. The molecule has 7 heteroatoms. The van der Waals surface area contributed by atoms with E-state index in [1.54, 1.807) is 18.9 Å². The highest BCUT2D eigenvalue weighted by atomic mass is 16.5. The van der Waals surface area contributed by atoms with Gasteiger partial charge in [-0.2, -0.15) is 10.1 Å². The van der Waals surface area contributed by atoms with Crippen LogP contribution in [-0.2, 0) is 4.79 Å². The number of Topliss-reactive ketones (excluding diaryl/α,β-unsaturated/α-hetero) is 1. The lowest BCUT2D eigenvalue weighted by Gasteiger charge is -2.35. The number of hydrogen-bond donors (Lipinski definition) is 1. The standard InChI is InChI=1S/C23H22N4O3/c1-29-17-8-6-14(7-9-17)16-11-19-21(20(28)12-16)22(27-23(26-19)24-13-25-27)15-4-3-5-18(10-15)30-2/h3-10,13,16,22H,11-12H2,1-2H3,(H,24,25,26)/t16-,22+/m1/s1. The van der Waals surface area contributed by atoms with E-state index >= 15 is 0 Å². The molecule has 2 aromatic carbocycles. The first kappa shape index (κ1) is 18.4. The molecular weight excluding hydrogens is 380 g/mol.